The molecule has 0 fully saturated rings. The molecule has 0 saturated heterocycles. The predicted octanol–water partition coefficient (Wildman–Crippen LogP) is 2.53. The standard InChI is InChI=1S/C13H13N3O/c1-7(2)8-4-3-5-9-11(8)14-6-10-12(9)15-16-13(10)17/h3-7H,1-2H3,(H2,15,16,17). The Morgan fingerprint density at radius 2 is 2.00 bits per heavy atom. The molecule has 2 heterocycles. The van der Waals surface area contributed by atoms with E-state index in [-0.39, 0.29) is 5.56 Å². The van der Waals surface area contributed by atoms with Crippen LogP contribution < -0.4 is 5.56 Å². The van der Waals surface area contributed by atoms with Crippen LogP contribution in [0.15, 0.2) is 29.2 Å². The van der Waals surface area contributed by atoms with E-state index in [0.717, 1.165) is 16.4 Å². The maximum absolute atomic E-state index is 11.5. The molecule has 0 atom stereocenters. The molecule has 0 unspecified atom stereocenters. The van der Waals surface area contributed by atoms with Gasteiger partial charge >= 0.3 is 0 Å². The molecule has 86 valence electrons. The van der Waals surface area contributed by atoms with E-state index in [1.54, 1.807) is 6.20 Å². The van der Waals surface area contributed by atoms with Gasteiger partial charge in [-0.3, -0.25) is 20.0 Å². The average Bonchev–Trinajstić information content (AvgIpc) is 2.70. The average molecular weight is 227 g/mol. The summed E-state index contributed by atoms with van der Waals surface area (Å²) < 4.78 is 0. The highest BCUT2D eigenvalue weighted by Gasteiger charge is 2.10. The van der Waals surface area contributed by atoms with Crippen LogP contribution in [-0.2, 0) is 0 Å². The normalized spacial score (nSPS) is 11.7. The number of hydrogen-bond acceptors (Lipinski definition) is 2. The lowest BCUT2D eigenvalue weighted by Crippen LogP contribution is -1.98. The van der Waals surface area contributed by atoms with Crippen molar-refractivity contribution in [3.8, 4) is 0 Å². The fourth-order valence-electron chi connectivity index (χ4n) is 2.21. The van der Waals surface area contributed by atoms with Gasteiger partial charge in [0.2, 0.25) is 0 Å². The minimum absolute atomic E-state index is 0.121. The number of benzene rings is 1. The number of aromatic nitrogens is 3. The van der Waals surface area contributed by atoms with Gasteiger partial charge in [-0.1, -0.05) is 32.0 Å². The van der Waals surface area contributed by atoms with E-state index in [0.29, 0.717) is 11.3 Å². The molecule has 3 rings (SSSR count). The van der Waals surface area contributed by atoms with Gasteiger partial charge in [0, 0.05) is 11.6 Å². The summed E-state index contributed by atoms with van der Waals surface area (Å²) in [5.41, 5.74) is 2.88. The summed E-state index contributed by atoms with van der Waals surface area (Å²) in [5, 5.41) is 7.12. The van der Waals surface area contributed by atoms with E-state index in [1.165, 1.54) is 5.56 Å². The Kier molecular flexibility index (Phi) is 2.04. The van der Waals surface area contributed by atoms with E-state index >= 15 is 0 Å². The summed E-state index contributed by atoms with van der Waals surface area (Å²) in [5.74, 6) is 0.411. The maximum Gasteiger partial charge on any atom is 0.273 e. The first kappa shape index (κ1) is 10.1. The predicted molar refractivity (Wildman–Crippen MR) is 68.3 cm³/mol. The fraction of sp³-hybridized carbons (Fsp3) is 0.231. The van der Waals surface area contributed by atoms with Gasteiger partial charge in [-0.2, -0.15) is 0 Å². The van der Waals surface area contributed by atoms with Crippen molar-refractivity contribution >= 4 is 21.8 Å². The number of H-pyrrole nitrogens is 2. The van der Waals surface area contributed by atoms with Crippen molar-refractivity contribution in [1.29, 1.82) is 0 Å². The van der Waals surface area contributed by atoms with Crippen LogP contribution in [0.3, 0.4) is 0 Å². The smallest absolute Gasteiger partial charge is 0.273 e. The molecule has 4 heteroatoms. The molecule has 0 aliphatic heterocycles. The van der Waals surface area contributed by atoms with Gasteiger partial charge in [0.05, 0.1) is 16.4 Å². The molecule has 0 aliphatic rings. The minimum Gasteiger partial charge on any atom is -0.297 e. The maximum atomic E-state index is 11.5. The van der Waals surface area contributed by atoms with Gasteiger partial charge < -0.3 is 0 Å². The monoisotopic (exact) mass is 227 g/mol. The zero-order chi connectivity index (χ0) is 12.0. The molecule has 0 spiro atoms. The highest BCUT2D eigenvalue weighted by molar-refractivity contribution is 6.03. The van der Waals surface area contributed by atoms with Gasteiger partial charge in [0.15, 0.2) is 0 Å². The highest BCUT2D eigenvalue weighted by Crippen LogP contribution is 2.26. The third-order valence-corrected chi connectivity index (χ3v) is 3.10. The van der Waals surface area contributed by atoms with Gasteiger partial charge in [-0.05, 0) is 11.5 Å². The van der Waals surface area contributed by atoms with Crippen molar-refractivity contribution in [2.75, 3.05) is 0 Å². The lowest BCUT2D eigenvalue weighted by molar-refractivity contribution is 0.873. The summed E-state index contributed by atoms with van der Waals surface area (Å²) >= 11 is 0. The molecule has 0 radical (unpaired) electrons. The van der Waals surface area contributed by atoms with Crippen LogP contribution in [0.1, 0.15) is 25.3 Å². The second-order valence-electron chi connectivity index (χ2n) is 4.52. The first-order valence-corrected chi connectivity index (χ1v) is 5.66. The zero-order valence-electron chi connectivity index (χ0n) is 9.74. The quantitative estimate of drug-likeness (QED) is 0.671. The van der Waals surface area contributed by atoms with Gasteiger partial charge in [-0.25, -0.2) is 0 Å². The number of hydrogen-bond donors (Lipinski definition) is 2. The number of para-hydroxylation sites is 1. The second kappa shape index (κ2) is 3.45. The Balaban J connectivity index is 2.52. The molecule has 0 saturated carbocycles. The number of nitrogens with one attached hydrogen (secondary N) is 2. The molecule has 0 aliphatic carbocycles. The second-order valence-corrected chi connectivity index (χ2v) is 4.52. The fourth-order valence-corrected chi connectivity index (χ4v) is 2.21. The largest absolute Gasteiger partial charge is 0.297 e. The Morgan fingerprint density at radius 3 is 2.76 bits per heavy atom. The van der Waals surface area contributed by atoms with Crippen LogP contribution >= 0.6 is 0 Å². The molecule has 0 amide bonds. The van der Waals surface area contributed by atoms with E-state index in [4.69, 9.17) is 0 Å². The SMILES string of the molecule is CC(C)c1cccc2c1ncc1c(=O)[nH][nH]c12. The molecule has 0 bridgehead atoms. The van der Waals surface area contributed by atoms with Gasteiger partial charge in [-0.15, -0.1) is 0 Å². The molecular formula is C13H13N3O. The van der Waals surface area contributed by atoms with Crippen molar-refractivity contribution in [3.05, 3.63) is 40.3 Å². The lowest BCUT2D eigenvalue weighted by atomic mass is 9.99. The lowest BCUT2D eigenvalue weighted by Gasteiger charge is -2.08. The summed E-state index contributed by atoms with van der Waals surface area (Å²) in [6, 6.07) is 6.07. The van der Waals surface area contributed by atoms with Crippen LogP contribution in [0.2, 0.25) is 0 Å². The number of pyridine rings is 1. The highest BCUT2D eigenvalue weighted by atomic mass is 16.1. The number of fused-ring (bicyclic) bond motifs is 3. The van der Waals surface area contributed by atoms with Crippen molar-refractivity contribution in [1.82, 2.24) is 15.2 Å². The van der Waals surface area contributed by atoms with Crippen LogP contribution in [0.25, 0.3) is 21.8 Å². The van der Waals surface area contributed by atoms with Crippen molar-refractivity contribution in [2.24, 2.45) is 0 Å². The number of rotatable bonds is 1. The summed E-state index contributed by atoms with van der Waals surface area (Å²) in [7, 11) is 0. The Bertz CT molecular complexity index is 752. The van der Waals surface area contributed by atoms with Crippen molar-refractivity contribution in [2.45, 2.75) is 19.8 Å². The van der Waals surface area contributed by atoms with Crippen LogP contribution in [0, 0.1) is 0 Å². The minimum atomic E-state index is -0.121. The molecule has 2 N–H and O–H groups in total. The van der Waals surface area contributed by atoms with Crippen LogP contribution in [0.5, 0.6) is 0 Å². The number of nitrogens with zero attached hydrogens (tertiary/aromatic N) is 1. The number of aromatic amines is 2. The van der Waals surface area contributed by atoms with Crippen molar-refractivity contribution < 1.29 is 0 Å². The van der Waals surface area contributed by atoms with Gasteiger partial charge in [0.1, 0.15) is 0 Å². The zero-order valence-corrected chi connectivity index (χ0v) is 9.74. The Labute approximate surface area is 97.7 Å². The van der Waals surface area contributed by atoms with E-state index in [9.17, 15) is 4.79 Å². The van der Waals surface area contributed by atoms with Crippen molar-refractivity contribution in [3.63, 3.8) is 0 Å². The summed E-state index contributed by atoms with van der Waals surface area (Å²) in [4.78, 5) is 15.9. The van der Waals surface area contributed by atoms with E-state index < -0.39 is 0 Å². The van der Waals surface area contributed by atoms with E-state index in [1.807, 2.05) is 12.1 Å². The Hall–Kier alpha value is -2.10. The molecule has 3 aromatic rings. The molecule has 1 aromatic carbocycles. The molecular weight excluding hydrogens is 214 g/mol. The molecule has 2 aromatic heterocycles. The first-order valence-electron chi connectivity index (χ1n) is 5.66. The van der Waals surface area contributed by atoms with Gasteiger partial charge in [0.25, 0.3) is 5.56 Å². The third kappa shape index (κ3) is 1.37. The third-order valence-electron chi connectivity index (χ3n) is 3.10. The van der Waals surface area contributed by atoms with Crippen LogP contribution in [0.4, 0.5) is 0 Å². The first-order chi connectivity index (χ1) is 8.18. The van der Waals surface area contributed by atoms with E-state index in [2.05, 4.69) is 35.1 Å². The van der Waals surface area contributed by atoms with Crippen LogP contribution in [-0.4, -0.2) is 15.2 Å². The summed E-state index contributed by atoms with van der Waals surface area (Å²) in [6.45, 7) is 4.28. The topological polar surface area (TPSA) is 61.5 Å². The molecule has 4 nitrogen and oxygen atoms in total. The summed E-state index contributed by atoms with van der Waals surface area (Å²) in [6.07, 6.45) is 1.64. The molecule has 17 heavy (non-hydrogen) atoms. The Morgan fingerprint density at radius 1 is 1.18 bits per heavy atom.